The first kappa shape index (κ1) is 26.7. The molecule has 7 nitrogen and oxygen atoms in total. The number of aliphatic carboxylic acids is 1. The van der Waals surface area contributed by atoms with E-state index in [1.54, 1.807) is 0 Å². The Hall–Kier alpha value is -2.35. The van der Waals surface area contributed by atoms with E-state index in [0.717, 1.165) is 83.0 Å². The van der Waals surface area contributed by atoms with Gasteiger partial charge in [-0.05, 0) is 73.9 Å². The minimum Gasteiger partial charge on any atom is -0.481 e. The molecule has 1 aromatic heterocycles. The van der Waals surface area contributed by atoms with Crippen molar-refractivity contribution in [3.63, 3.8) is 0 Å². The lowest BCUT2D eigenvalue weighted by atomic mass is 9.94. The van der Waals surface area contributed by atoms with E-state index < -0.39 is 5.97 Å². The van der Waals surface area contributed by atoms with Gasteiger partial charge in [-0.2, -0.15) is 0 Å². The molecule has 0 spiro atoms. The normalized spacial score (nSPS) is 20.8. The van der Waals surface area contributed by atoms with Gasteiger partial charge in [0.2, 0.25) is 0 Å². The van der Waals surface area contributed by atoms with Gasteiger partial charge < -0.3 is 25.5 Å². The third-order valence-corrected chi connectivity index (χ3v) is 7.85. The van der Waals surface area contributed by atoms with Crippen LogP contribution in [0.5, 0.6) is 0 Å². The molecule has 2 atom stereocenters. The summed E-state index contributed by atoms with van der Waals surface area (Å²) < 4.78 is 0. The first-order valence-electron chi connectivity index (χ1n) is 13.4. The molecule has 2 saturated heterocycles. The fraction of sp³-hybridized carbons (Fsp3) is 0.571. The molecule has 36 heavy (non-hydrogen) atoms. The second-order valence-corrected chi connectivity index (χ2v) is 10.4. The number of anilines is 2. The Morgan fingerprint density at radius 3 is 2.83 bits per heavy atom. The molecular formula is C28H40ClN5O2. The van der Waals surface area contributed by atoms with Crippen molar-refractivity contribution in [3.05, 3.63) is 53.2 Å². The lowest BCUT2D eigenvalue weighted by molar-refractivity contribution is -0.137. The van der Waals surface area contributed by atoms with Crippen molar-refractivity contribution in [1.29, 1.82) is 0 Å². The maximum Gasteiger partial charge on any atom is 0.304 e. The van der Waals surface area contributed by atoms with E-state index >= 15 is 0 Å². The Bertz CT molecular complexity index is 1010. The minimum atomic E-state index is -0.717. The van der Waals surface area contributed by atoms with Gasteiger partial charge >= 0.3 is 5.97 Å². The van der Waals surface area contributed by atoms with Crippen molar-refractivity contribution < 1.29 is 9.90 Å². The summed E-state index contributed by atoms with van der Waals surface area (Å²) in [4.78, 5) is 21.5. The molecule has 0 aliphatic carbocycles. The zero-order valence-corrected chi connectivity index (χ0v) is 21.9. The monoisotopic (exact) mass is 513 g/mol. The molecule has 3 aliphatic rings. The number of nitrogens with one attached hydrogen (secondary N) is 2. The predicted molar refractivity (Wildman–Crippen MR) is 148 cm³/mol. The van der Waals surface area contributed by atoms with Crippen LogP contribution >= 0.6 is 12.4 Å². The first-order chi connectivity index (χ1) is 17.1. The van der Waals surface area contributed by atoms with Gasteiger partial charge in [0.15, 0.2) is 0 Å². The molecule has 1 aromatic carbocycles. The summed E-state index contributed by atoms with van der Waals surface area (Å²) in [5, 5.41) is 16.5. The molecule has 0 amide bonds. The number of hydrogen-bond acceptors (Lipinski definition) is 6. The Labute approximate surface area is 221 Å². The molecule has 0 radical (unpaired) electrons. The van der Waals surface area contributed by atoms with Gasteiger partial charge in [0, 0.05) is 63.1 Å². The topological polar surface area (TPSA) is 80.7 Å². The summed E-state index contributed by atoms with van der Waals surface area (Å²) in [5.74, 6) is 1.03. The number of aryl methyl sites for hydroxylation is 2. The third kappa shape index (κ3) is 6.90. The summed E-state index contributed by atoms with van der Waals surface area (Å²) in [6.45, 7) is 7.93. The Morgan fingerprint density at radius 1 is 1.14 bits per heavy atom. The number of carboxylic acid groups (broad SMARTS) is 1. The van der Waals surface area contributed by atoms with Crippen molar-refractivity contribution in [1.82, 2.24) is 15.2 Å². The molecular weight excluding hydrogens is 474 g/mol. The number of piperazine rings is 1. The average molecular weight is 514 g/mol. The lowest BCUT2D eigenvalue weighted by Crippen LogP contribution is -2.43. The number of aromatic nitrogens is 1. The number of carboxylic acids is 1. The average Bonchev–Trinajstić information content (AvgIpc) is 3.34. The van der Waals surface area contributed by atoms with Gasteiger partial charge in [0.05, 0.1) is 6.42 Å². The minimum absolute atomic E-state index is 0. The van der Waals surface area contributed by atoms with Crippen molar-refractivity contribution in [2.75, 3.05) is 62.6 Å². The number of fused-ring (bicyclic) bond motifs is 1. The number of carbonyl (C=O) groups is 1. The van der Waals surface area contributed by atoms with E-state index in [1.807, 2.05) is 0 Å². The quantitative estimate of drug-likeness (QED) is 0.470. The van der Waals surface area contributed by atoms with E-state index in [2.05, 4.69) is 56.8 Å². The number of halogens is 1. The van der Waals surface area contributed by atoms with Crippen LogP contribution < -0.4 is 15.5 Å². The van der Waals surface area contributed by atoms with E-state index in [0.29, 0.717) is 5.92 Å². The zero-order chi connectivity index (χ0) is 24.0. The highest BCUT2D eigenvalue weighted by atomic mass is 35.5. The Kier molecular flexibility index (Phi) is 9.46. The lowest BCUT2D eigenvalue weighted by Gasteiger charge is -2.30. The van der Waals surface area contributed by atoms with Gasteiger partial charge in [-0.1, -0.05) is 18.2 Å². The number of nitrogens with zero attached hydrogens (tertiary/aromatic N) is 3. The number of hydrogen-bond donors (Lipinski definition) is 3. The van der Waals surface area contributed by atoms with E-state index in [9.17, 15) is 9.90 Å². The Balaban J connectivity index is 0.00000304. The maximum absolute atomic E-state index is 11.7. The fourth-order valence-corrected chi connectivity index (χ4v) is 5.88. The van der Waals surface area contributed by atoms with Crippen LogP contribution in [0.3, 0.4) is 0 Å². The maximum atomic E-state index is 11.7. The number of likely N-dealkylation sites (tertiary alicyclic amines) is 1. The number of benzene rings is 1. The highest BCUT2D eigenvalue weighted by Gasteiger charge is 2.27. The van der Waals surface area contributed by atoms with Crippen molar-refractivity contribution >= 4 is 29.9 Å². The van der Waals surface area contributed by atoms with Crippen LogP contribution in [0.1, 0.15) is 48.4 Å². The molecule has 2 fully saturated rings. The summed E-state index contributed by atoms with van der Waals surface area (Å²) >= 11 is 0. The summed E-state index contributed by atoms with van der Waals surface area (Å²) in [6.07, 6.45) is 5.84. The van der Waals surface area contributed by atoms with Crippen LogP contribution in [0, 0.1) is 5.92 Å². The summed E-state index contributed by atoms with van der Waals surface area (Å²) in [6, 6.07) is 13.0. The van der Waals surface area contributed by atoms with Gasteiger partial charge in [0.25, 0.3) is 0 Å². The molecule has 2 aromatic rings. The van der Waals surface area contributed by atoms with E-state index in [1.165, 1.54) is 29.8 Å². The fourth-order valence-electron chi connectivity index (χ4n) is 5.88. The largest absolute Gasteiger partial charge is 0.481 e. The highest BCUT2D eigenvalue weighted by Crippen LogP contribution is 2.29. The van der Waals surface area contributed by atoms with Crippen molar-refractivity contribution in [2.24, 2.45) is 5.92 Å². The molecule has 5 rings (SSSR count). The van der Waals surface area contributed by atoms with Crippen molar-refractivity contribution in [3.8, 4) is 0 Å². The second-order valence-electron chi connectivity index (χ2n) is 10.4. The second kappa shape index (κ2) is 12.7. The van der Waals surface area contributed by atoms with E-state index in [-0.39, 0.29) is 24.7 Å². The highest BCUT2D eigenvalue weighted by molar-refractivity contribution is 5.85. The van der Waals surface area contributed by atoms with Crippen LogP contribution in [0.25, 0.3) is 0 Å². The van der Waals surface area contributed by atoms with Crippen molar-refractivity contribution in [2.45, 2.75) is 44.4 Å². The number of pyridine rings is 1. The molecule has 0 saturated carbocycles. The predicted octanol–water partition coefficient (Wildman–Crippen LogP) is 3.78. The van der Waals surface area contributed by atoms with Crippen LogP contribution in [0.15, 0.2) is 36.4 Å². The SMILES string of the molecule is Cl.O=C(O)C[C@H](CN1CC[C@@H](CCc2ccc3c(n2)NCCC3)C1)c1cccc(N2CCNCC2)c1. The standard InChI is InChI=1S/C28H39N5O2.ClH/c34-27(35)18-24(23-3-1-5-26(17-23)33-15-12-29-13-16-33)20-32-14-10-21(19-32)6-8-25-9-7-22-4-2-11-30-28(22)31-25;/h1,3,5,7,9,17,21,24,29H,2,4,6,8,10-16,18-20H2,(H,30,31)(H,34,35);1H/t21-,24-;/m1./s1. The smallest absolute Gasteiger partial charge is 0.304 e. The third-order valence-electron chi connectivity index (χ3n) is 7.85. The van der Waals surface area contributed by atoms with Gasteiger partial charge in [0.1, 0.15) is 5.82 Å². The number of rotatable bonds is 9. The molecule has 3 aliphatic heterocycles. The van der Waals surface area contributed by atoms with Gasteiger partial charge in [-0.25, -0.2) is 4.98 Å². The van der Waals surface area contributed by atoms with Gasteiger partial charge in [-0.15, -0.1) is 12.4 Å². The molecule has 0 bridgehead atoms. The zero-order valence-electron chi connectivity index (χ0n) is 21.1. The summed E-state index contributed by atoms with van der Waals surface area (Å²) in [5.41, 5.74) is 4.89. The van der Waals surface area contributed by atoms with Crippen LogP contribution in [-0.4, -0.2) is 73.3 Å². The van der Waals surface area contributed by atoms with Crippen LogP contribution in [0.2, 0.25) is 0 Å². The first-order valence-corrected chi connectivity index (χ1v) is 13.4. The van der Waals surface area contributed by atoms with Gasteiger partial charge in [-0.3, -0.25) is 4.79 Å². The summed E-state index contributed by atoms with van der Waals surface area (Å²) in [7, 11) is 0. The van der Waals surface area contributed by atoms with E-state index in [4.69, 9.17) is 4.98 Å². The van der Waals surface area contributed by atoms with Crippen LogP contribution in [0.4, 0.5) is 11.5 Å². The molecule has 196 valence electrons. The van der Waals surface area contributed by atoms with Crippen LogP contribution in [-0.2, 0) is 17.6 Å². The molecule has 0 unspecified atom stereocenters. The molecule has 3 N–H and O–H groups in total. The molecule has 8 heteroatoms. The molecule has 4 heterocycles. The Morgan fingerprint density at radius 2 is 2.00 bits per heavy atom.